The third-order valence-electron chi connectivity index (χ3n) is 3.79. The van der Waals surface area contributed by atoms with Gasteiger partial charge in [-0.05, 0) is 70.8 Å². The molecule has 134 valence electrons. The molecule has 0 radical (unpaired) electrons. The molecule has 1 saturated heterocycles. The number of aryl methyl sites for hydroxylation is 1. The lowest BCUT2D eigenvalue weighted by Gasteiger charge is -2.13. The van der Waals surface area contributed by atoms with E-state index in [0.29, 0.717) is 0 Å². The fourth-order valence-electron chi connectivity index (χ4n) is 2.44. The fraction of sp³-hybridized carbons (Fsp3) is 0.556. The summed E-state index contributed by atoms with van der Waals surface area (Å²) in [6, 6.07) is 8.31. The molecule has 1 aliphatic heterocycles. The van der Waals surface area contributed by atoms with Gasteiger partial charge in [-0.1, -0.05) is 17.7 Å². The quantitative estimate of drug-likeness (QED) is 0.588. The van der Waals surface area contributed by atoms with Gasteiger partial charge in [0.25, 0.3) is 0 Å². The molecule has 0 spiro atoms. The van der Waals surface area contributed by atoms with Crippen molar-refractivity contribution in [2.24, 2.45) is 0 Å². The molecule has 6 nitrogen and oxygen atoms in total. The van der Waals surface area contributed by atoms with Gasteiger partial charge in [-0.2, -0.15) is 0 Å². The van der Waals surface area contributed by atoms with Crippen molar-refractivity contribution in [3.63, 3.8) is 0 Å². The van der Waals surface area contributed by atoms with Crippen LogP contribution < -0.4 is 4.74 Å². The SMILES string of the molecule is Cc1ccc(OCCCCCN2CCCC2)cc1.O=C(O)C(=O)O. The minimum absolute atomic E-state index is 0.850. The highest BCUT2D eigenvalue weighted by molar-refractivity contribution is 6.27. The van der Waals surface area contributed by atoms with Gasteiger partial charge >= 0.3 is 11.9 Å². The Morgan fingerprint density at radius 1 is 1.00 bits per heavy atom. The van der Waals surface area contributed by atoms with E-state index >= 15 is 0 Å². The predicted molar refractivity (Wildman–Crippen MR) is 91.5 cm³/mol. The van der Waals surface area contributed by atoms with Crippen molar-refractivity contribution in [3.8, 4) is 5.75 Å². The molecule has 0 saturated carbocycles. The molecule has 0 atom stereocenters. The average molecular weight is 337 g/mol. The summed E-state index contributed by atoms with van der Waals surface area (Å²) in [4.78, 5) is 20.8. The van der Waals surface area contributed by atoms with Crippen LogP contribution in [-0.2, 0) is 9.59 Å². The van der Waals surface area contributed by atoms with E-state index in [1.807, 2.05) is 0 Å². The van der Waals surface area contributed by atoms with Crippen LogP contribution in [0, 0.1) is 6.92 Å². The van der Waals surface area contributed by atoms with E-state index in [4.69, 9.17) is 24.5 Å². The molecule has 0 unspecified atom stereocenters. The summed E-state index contributed by atoms with van der Waals surface area (Å²) < 4.78 is 5.72. The predicted octanol–water partition coefficient (Wildman–Crippen LogP) is 2.80. The minimum atomic E-state index is -1.82. The van der Waals surface area contributed by atoms with Crippen LogP contribution in [0.3, 0.4) is 0 Å². The van der Waals surface area contributed by atoms with Gasteiger partial charge in [0.2, 0.25) is 0 Å². The highest BCUT2D eigenvalue weighted by Gasteiger charge is 2.09. The zero-order valence-electron chi connectivity index (χ0n) is 14.2. The van der Waals surface area contributed by atoms with Crippen LogP contribution in [0.2, 0.25) is 0 Å². The van der Waals surface area contributed by atoms with Crippen LogP contribution in [0.25, 0.3) is 0 Å². The number of benzene rings is 1. The van der Waals surface area contributed by atoms with Crippen LogP contribution in [0.5, 0.6) is 5.75 Å². The Labute approximate surface area is 143 Å². The number of carboxylic acids is 2. The number of rotatable bonds is 7. The van der Waals surface area contributed by atoms with Gasteiger partial charge < -0.3 is 19.8 Å². The summed E-state index contributed by atoms with van der Waals surface area (Å²) in [5.41, 5.74) is 1.29. The Balaban J connectivity index is 0.000000413. The van der Waals surface area contributed by atoms with E-state index in [0.717, 1.165) is 12.4 Å². The van der Waals surface area contributed by atoms with Gasteiger partial charge in [-0.3, -0.25) is 0 Å². The molecule has 1 aliphatic rings. The van der Waals surface area contributed by atoms with Crippen molar-refractivity contribution in [2.75, 3.05) is 26.2 Å². The average Bonchev–Trinajstić information content (AvgIpc) is 3.06. The maximum Gasteiger partial charge on any atom is 0.414 e. The monoisotopic (exact) mass is 337 g/mol. The summed E-state index contributed by atoms with van der Waals surface area (Å²) >= 11 is 0. The third kappa shape index (κ3) is 9.15. The molecule has 1 aromatic carbocycles. The Hall–Kier alpha value is -2.08. The van der Waals surface area contributed by atoms with Gasteiger partial charge in [-0.25, -0.2) is 9.59 Å². The van der Waals surface area contributed by atoms with Gasteiger partial charge in [-0.15, -0.1) is 0 Å². The first-order valence-electron chi connectivity index (χ1n) is 8.37. The molecule has 1 aromatic rings. The Morgan fingerprint density at radius 2 is 1.58 bits per heavy atom. The fourth-order valence-corrected chi connectivity index (χ4v) is 2.44. The lowest BCUT2D eigenvalue weighted by molar-refractivity contribution is -0.159. The third-order valence-corrected chi connectivity index (χ3v) is 3.79. The number of carbonyl (C=O) groups is 2. The number of carboxylic acid groups (broad SMARTS) is 2. The van der Waals surface area contributed by atoms with E-state index in [-0.39, 0.29) is 0 Å². The minimum Gasteiger partial charge on any atom is -0.494 e. The van der Waals surface area contributed by atoms with Gasteiger partial charge in [0, 0.05) is 0 Å². The molecule has 2 N–H and O–H groups in total. The molecular weight excluding hydrogens is 310 g/mol. The van der Waals surface area contributed by atoms with Crippen LogP contribution in [0.4, 0.5) is 0 Å². The van der Waals surface area contributed by atoms with Crippen LogP contribution in [0.1, 0.15) is 37.7 Å². The second-order valence-electron chi connectivity index (χ2n) is 5.88. The maximum atomic E-state index is 9.10. The van der Waals surface area contributed by atoms with E-state index < -0.39 is 11.9 Å². The van der Waals surface area contributed by atoms with E-state index in [1.165, 1.54) is 57.3 Å². The van der Waals surface area contributed by atoms with Gasteiger partial charge in [0.1, 0.15) is 5.75 Å². The number of aliphatic carboxylic acids is 2. The molecule has 1 heterocycles. The second-order valence-corrected chi connectivity index (χ2v) is 5.88. The van der Waals surface area contributed by atoms with E-state index in [1.54, 1.807) is 0 Å². The zero-order valence-corrected chi connectivity index (χ0v) is 14.2. The summed E-state index contributed by atoms with van der Waals surface area (Å²) in [5, 5.41) is 14.8. The summed E-state index contributed by atoms with van der Waals surface area (Å²) in [7, 11) is 0. The highest BCUT2D eigenvalue weighted by atomic mass is 16.5. The molecule has 1 fully saturated rings. The van der Waals surface area contributed by atoms with Crippen LogP contribution in [0.15, 0.2) is 24.3 Å². The van der Waals surface area contributed by atoms with Crippen molar-refractivity contribution in [3.05, 3.63) is 29.8 Å². The van der Waals surface area contributed by atoms with Crippen molar-refractivity contribution in [1.29, 1.82) is 0 Å². The standard InChI is InChI=1S/C16H25NO.C2H2O4/c1-15-7-9-16(10-8-15)18-14-6-2-3-11-17-12-4-5-13-17;3-1(4)2(5)6/h7-10H,2-6,11-14H2,1H3;(H,3,4)(H,5,6). The van der Waals surface area contributed by atoms with Crippen molar-refractivity contribution in [1.82, 2.24) is 4.90 Å². The summed E-state index contributed by atoms with van der Waals surface area (Å²) in [6.07, 6.45) is 6.56. The molecule has 2 rings (SSSR count). The van der Waals surface area contributed by atoms with Crippen molar-refractivity contribution < 1.29 is 24.5 Å². The number of nitrogens with zero attached hydrogens (tertiary/aromatic N) is 1. The number of likely N-dealkylation sites (tertiary alicyclic amines) is 1. The number of hydrogen-bond acceptors (Lipinski definition) is 4. The van der Waals surface area contributed by atoms with Crippen molar-refractivity contribution >= 4 is 11.9 Å². The first-order chi connectivity index (χ1) is 11.5. The van der Waals surface area contributed by atoms with Crippen LogP contribution >= 0.6 is 0 Å². The molecule has 0 bridgehead atoms. The van der Waals surface area contributed by atoms with Crippen molar-refractivity contribution in [2.45, 2.75) is 39.0 Å². The van der Waals surface area contributed by atoms with Crippen LogP contribution in [-0.4, -0.2) is 53.3 Å². The smallest absolute Gasteiger partial charge is 0.414 e. The lowest BCUT2D eigenvalue weighted by Crippen LogP contribution is -2.20. The largest absolute Gasteiger partial charge is 0.494 e. The zero-order chi connectivity index (χ0) is 17.8. The number of ether oxygens (including phenoxy) is 1. The molecular formula is C18H27NO5. The van der Waals surface area contributed by atoms with Gasteiger partial charge in [0.05, 0.1) is 6.61 Å². The number of unbranched alkanes of at least 4 members (excludes halogenated alkanes) is 2. The summed E-state index contributed by atoms with van der Waals surface area (Å²) in [5.74, 6) is -2.65. The van der Waals surface area contributed by atoms with E-state index in [2.05, 4.69) is 36.1 Å². The Kier molecular flexibility index (Phi) is 9.53. The maximum absolute atomic E-state index is 9.10. The molecule has 0 aliphatic carbocycles. The molecule has 24 heavy (non-hydrogen) atoms. The topological polar surface area (TPSA) is 87.1 Å². The second kappa shape index (κ2) is 11.5. The lowest BCUT2D eigenvalue weighted by atomic mass is 10.2. The normalized spacial score (nSPS) is 13.9. The highest BCUT2D eigenvalue weighted by Crippen LogP contribution is 2.12. The molecule has 0 amide bonds. The van der Waals surface area contributed by atoms with E-state index in [9.17, 15) is 0 Å². The molecule has 6 heteroatoms. The van der Waals surface area contributed by atoms with Gasteiger partial charge in [0.15, 0.2) is 0 Å². The Morgan fingerprint density at radius 3 is 2.12 bits per heavy atom. The summed E-state index contributed by atoms with van der Waals surface area (Å²) in [6.45, 7) is 6.87. The number of hydrogen-bond donors (Lipinski definition) is 2. The Bertz CT molecular complexity index is 483. The molecule has 0 aromatic heterocycles. The first kappa shape index (κ1) is 20.0. The first-order valence-corrected chi connectivity index (χ1v) is 8.37.